The molecule has 2 amide bonds. The monoisotopic (exact) mass is 534 g/mol. The van der Waals surface area contributed by atoms with Crippen LogP contribution in [0.1, 0.15) is 32.4 Å². The molecule has 3 N–H and O–H groups in total. The van der Waals surface area contributed by atoms with Crippen LogP contribution in [0.5, 0.6) is 0 Å². The first-order valence-electron chi connectivity index (χ1n) is 12.7. The number of nitrogens with zero attached hydrogens (tertiary/aromatic N) is 3. The number of carbonyl (C=O) groups is 2. The van der Waals surface area contributed by atoms with Crippen molar-refractivity contribution in [2.75, 3.05) is 51.3 Å². The summed E-state index contributed by atoms with van der Waals surface area (Å²) in [5, 5.41) is 9.36. The van der Waals surface area contributed by atoms with Crippen molar-refractivity contribution < 1.29 is 14.3 Å². The van der Waals surface area contributed by atoms with Crippen LogP contribution in [0.2, 0.25) is 0 Å². The van der Waals surface area contributed by atoms with Gasteiger partial charge in [0.2, 0.25) is 5.91 Å². The molecule has 3 aromatic rings. The van der Waals surface area contributed by atoms with Crippen LogP contribution in [-0.2, 0) is 9.53 Å². The van der Waals surface area contributed by atoms with Gasteiger partial charge in [0.1, 0.15) is 10.4 Å². The molecule has 0 saturated carbocycles. The molecular weight excluding hydrogens is 500 g/mol. The summed E-state index contributed by atoms with van der Waals surface area (Å²) in [5.41, 5.74) is 4.17. The Morgan fingerprint density at radius 3 is 2.53 bits per heavy atom. The summed E-state index contributed by atoms with van der Waals surface area (Å²) in [7, 11) is 0. The standard InChI is InChI=1S/C28H34N6O3S/c1-20-16-21(2)18-23(17-20)32-26(36)24-4-3-7-31-28(24)38-27(22-5-8-29-9-6-22)33-25(35)19-30-10-11-34-12-14-37-15-13-34/h3-9,16-18,27,30H,10-15,19H2,1-2H3,(H,32,36)(H,33,35). The molecule has 0 radical (unpaired) electrons. The van der Waals surface area contributed by atoms with E-state index in [4.69, 9.17) is 4.74 Å². The van der Waals surface area contributed by atoms with E-state index in [0.717, 1.165) is 55.2 Å². The van der Waals surface area contributed by atoms with Crippen LogP contribution in [0.25, 0.3) is 0 Å². The Bertz CT molecular complexity index is 1200. The maximum Gasteiger partial charge on any atom is 0.258 e. The number of aromatic nitrogens is 2. The van der Waals surface area contributed by atoms with Crippen molar-refractivity contribution in [1.29, 1.82) is 0 Å². The predicted molar refractivity (Wildman–Crippen MR) is 149 cm³/mol. The van der Waals surface area contributed by atoms with Gasteiger partial charge in [-0.3, -0.25) is 19.5 Å². The normalized spacial score (nSPS) is 14.6. The second kappa shape index (κ2) is 14.0. The van der Waals surface area contributed by atoms with Gasteiger partial charge < -0.3 is 20.7 Å². The molecule has 1 saturated heterocycles. The van der Waals surface area contributed by atoms with E-state index < -0.39 is 5.37 Å². The average molecular weight is 535 g/mol. The van der Waals surface area contributed by atoms with E-state index in [0.29, 0.717) is 17.1 Å². The number of rotatable bonds is 11. The first kappa shape index (κ1) is 27.7. The molecule has 10 heteroatoms. The fraction of sp³-hybridized carbons (Fsp3) is 0.357. The number of hydrogen-bond acceptors (Lipinski definition) is 8. The number of ether oxygens (including phenoxy) is 1. The number of hydrogen-bond donors (Lipinski definition) is 3. The van der Waals surface area contributed by atoms with E-state index in [1.807, 2.05) is 38.1 Å². The molecule has 1 aliphatic heterocycles. The topological polar surface area (TPSA) is 108 Å². The number of morpholine rings is 1. The summed E-state index contributed by atoms with van der Waals surface area (Å²) in [6.07, 6.45) is 5.01. The second-order valence-electron chi connectivity index (χ2n) is 9.16. The van der Waals surface area contributed by atoms with Crippen LogP contribution >= 0.6 is 11.8 Å². The van der Waals surface area contributed by atoms with Crippen LogP contribution in [0.15, 0.2) is 66.1 Å². The molecule has 4 rings (SSSR count). The van der Waals surface area contributed by atoms with Gasteiger partial charge in [-0.15, -0.1) is 0 Å². The van der Waals surface area contributed by atoms with Gasteiger partial charge in [-0.25, -0.2) is 4.98 Å². The minimum absolute atomic E-state index is 0.140. The highest BCUT2D eigenvalue weighted by molar-refractivity contribution is 7.99. The van der Waals surface area contributed by atoms with E-state index in [2.05, 4.69) is 36.9 Å². The van der Waals surface area contributed by atoms with Crippen molar-refractivity contribution >= 4 is 29.3 Å². The van der Waals surface area contributed by atoms with E-state index in [-0.39, 0.29) is 18.4 Å². The highest BCUT2D eigenvalue weighted by Gasteiger charge is 2.21. The van der Waals surface area contributed by atoms with Gasteiger partial charge in [-0.2, -0.15) is 0 Å². The number of benzene rings is 1. The lowest BCUT2D eigenvalue weighted by Gasteiger charge is -2.26. The summed E-state index contributed by atoms with van der Waals surface area (Å²) in [5.74, 6) is -0.395. The van der Waals surface area contributed by atoms with E-state index in [9.17, 15) is 9.59 Å². The van der Waals surface area contributed by atoms with Gasteiger partial charge >= 0.3 is 0 Å². The highest BCUT2D eigenvalue weighted by atomic mass is 32.2. The van der Waals surface area contributed by atoms with Crippen molar-refractivity contribution in [3.8, 4) is 0 Å². The maximum atomic E-state index is 13.2. The van der Waals surface area contributed by atoms with Crippen molar-refractivity contribution in [2.45, 2.75) is 24.2 Å². The van der Waals surface area contributed by atoms with Crippen LogP contribution < -0.4 is 16.0 Å². The summed E-state index contributed by atoms with van der Waals surface area (Å²) in [4.78, 5) is 37.0. The predicted octanol–water partition coefficient (Wildman–Crippen LogP) is 3.17. The number of thioether (sulfide) groups is 1. The van der Waals surface area contributed by atoms with Crippen LogP contribution in [-0.4, -0.2) is 72.6 Å². The Morgan fingerprint density at radius 2 is 1.79 bits per heavy atom. The largest absolute Gasteiger partial charge is 0.379 e. The molecule has 1 unspecified atom stereocenters. The fourth-order valence-electron chi connectivity index (χ4n) is 4.19. The number of anilines is 1. The zero-order valence-corrected chi connectivity index (χ0v) is 22.6. The van der Waals surface area contributed by atoms with Gasteiger partial charge in [-0.05, 0) is 66.9 Å². The average Bonchev–Trinajstić information content (AvgIpc) is 2.91. The molecule has 0 bridgehead atoms. The zero-order valence-electron chi connectivity index (χ0n) is 21.8. The first-order valence-corrected chi connectivity index (χ1v) is 13.6. The Hall–Kier alpha value is -3.31. The lowest BCUT2D eigenvalue weighted by molar-refractivity contribution is -0.120. The molecule has 9 nitrogen and oxygen atoms in total. The molecular formula is C28H34N6O3S. The molecule has 2 aromatic heterocycles. The van der Waals surface area contributed by atoms with E-state index >= 15 is 0 Å². The SMILES string of the molecule is Cc1cc(C)cc(NC(=O)c2cccnc2SC(NC(=O)CNCCN2CCOCC2)c2ccncc2)c1. The number of carbonyl (C=O) groups excluding carboxylic acids is 2. The molecule has 1 aliphatic rings. The third-order valence-electron chi connectivity index (χ3n) is 6.02. The Kier molecular flexibility index (Phi) is 10.2. The van der Waals surface area contributed by atoms with Crippen LogP contribution in [0.4, 0.5) is 5.69 Å². The van der Waals surface area contributed by atoms with Crippen molar-refractivity contribution in [3.05, 3.63) is 83.3 Å². The summed E-state index contributed by atoms with van der Waals surface area (Å²) in [6.45, 7) is 9.09. The first-order chi connectivity index (χ1) is 18.5. The Balaban J connectivity index is 1.41. The second-order valence-corrected chi connectivity index (χ2v) is 10.3. The third kappa shape index (κ3) is 8.35. The van der Waals surface area contributed by atoms with Gasteiger partial charge in [0.05, 0.1) is 25.3 Å². The molecule has 0 spiro atoms. The van der Waals surface area contributed by atoms with Crippen molar-refractivity contribution in [1.82, 2.24) is 25.5 Å². The maximum absolute atomic E-state index is 13.2. The lowest BCUT2D eigenvalue weighted by atomic mass is 10.1. The van der Waals surface area contributed by atoms with E-state index in [1.165, 1.54) is 11.8 Å². The number of nitrogens with one attached hydrogen (secondary N) is 3. The molecule has 0 aliphatic carbocycles. The molecule has 1 aromatic carbocycles. The molecule has 3 heterocycles. The van der Waals surface area contributed by atoms with Gasteiger partial charge in [0.15, 0.2) is 0 Å². The van der Waals surface area contributed by atoms with Gasteiger partial charge in [0, 0.05) is 50.5 Å². The van der Waals surface area contributed by atoms with Crippen molar-refractivity contribution in [3.63, 3.8) is 0 Å². The molecule has 1 atom stereocenters. The lowest BCUT2D eigenvalue weighted by Crippen LogP contribution is -2.42. The quantitative estimate of drug-likeness (QED) is 0.196. The van der Waals surface area contributed by atoms with Crippen molar-refractivity contribution in [2.24, 2.45) is 0 Å². The van der Waals surface area contributed by atoms with Crippen LogP contribution in [0.3, 0.4) is 0 Å². The third-order valence-corrected chi connectivity index (χ3v) is 7.19. The summed E-state index contributed by atoms with van der Waals surface area (Å²) >= 11 is 1.32. The molecule has 1 fully saturated rings. The molecule has 38 heavy (non-hydrogen) atoms. The van der Waals surface area contributed by atoms with E-state index in [1.54, 1.807) is 30.7 Å². The Morgan fingerprint density at radius 1 is 1.05 bits per heavy atom. The summed E-state index contributed by atoms with van der Waals surface area (Å²) < 4.78 is 5.38. The minimum Gasteiger partial charge on any atom is -0.379 e. The number of amides is 2. The highest BCUT2D eigenvalue weighted by Crippen LogP contribution is 2.34. The smallest absolute Gasteiger partial charge is 0.258 e. The fourth-order valence-corrected chi connectivity index (χ4v) is 5.31. The molecule has 200 valence electrons. The summed E-state index contributed by atoms with van der Waals surface area (Å²) in [6, 6.07) is 13.1. The zero-order chi connectivity index (χ0) is 26.7. The number of pyridine rings is 2. The van der Waals surface area contributed by atoms with Crippen LogP contribution in [0, 0.1) is 13.8 Å². The van der Waals surface area contributed by atoms with Gasteiger partial charge in [0.25, 0.3) is 5.91 Å². The van der Waals surface area contributed by atoms with Gasteiger partial charge in [-0.1, -0.05) is 17.8 Å². The Labute approximate surface area is 227 Å². The number of aryl methyl sites for hydroxylation is 2. The minimum atomic E-state index is -0.450.